The molecule has 3 heteroatoms. The van der Waals surface area contributed by atoms with Gasteiger partial charge in [0.05, 0.1) is 6.10 Å². The summed E-state index contributed by atoms with van der Waals surface area (Å²) < 4.78 is 0. The lowest BCUT2D eigenvalue weighted by molar-refractivity contribution is 0.102. The van der Waals surface area contributed by atoms with Gasteiger partial charge in [0, 0.05) is 11.3 Å². The first-order valence-corrected chi connectivity index (χ1v) is 5.81. The van der Waals surface area contributed by atoms with Crippen LogP contribution >= 0.6 is 0 Å². The first-order valence-electron chi connectivity index (χ1n) is 5.81. The van der Waals surface area contributed by atoms with Crippen molar-refractivity contribution in [2.75, 3.05) is 5.32 Å². The summed E-state index contributed by atoms with van der Waals surface area (Å²) >= 11 is 0. The van der Waals surface area contributed by atoms with Gasteiger partial charge in [-0.05, 0) is 36.8 Å². The molecule has 18 heavy (non-hydrogen) atoms. The number of rotatable bonds is 3. The molecule has 0 unspecified atom stereocenters. The molecule has 1 atom stereocenters. The molecule has 0 aliphatic heterocycles. The van der Waals surface area contributed by atoms with E-state index in [0.29, 0.717) is 11.3 Å². The van der Waals surface area contributed by atoms with Crippen molar-refractivity contribution in [3.8, 4) is 0 Å². The molecule has 0 fully saturated rings. The van der Waals surface area contributed by atoms with Gasteiger partial charge in [0.2, 0.25) is 0 Å². The van der Waals surface area contributed by atoms with E-state index >= 15 is 0 Å². The van der Waals surface area contributed by atoms with Crippen molar-refractivity contribution in [1.82, 2.24) is 0 Å². The van der Waals surface area contributed by atoms with Crippen molar-refractivity contribution in [3.63, 3.8) is 0 Å². The summed E-state index contributed by atoms with van der Waals surface area (Å²) in [5, 5.41) is 12.3. The summed E-state index contributed by atoms with van der Waals surface area (Å²) in [6, 6.07) is 16.2. The van der Waals surface area contributed by atoms with Gasteiger partial charge in [0.1, 0.15) is 0 Å². The normalized spacial score (nSPS) is 11.9. The van der Waals surface area contributed by atoms with Crippen LogP contribution in [-0.2, 0) is 0 Å². The van der Waals surface area contributed by atoms with Crippen LogP contribution in [0.1, 0.15) is 28.9 Å². The molecular formula is C15H15NO2. The van der Waals surface area contributed by atoms with Crippen LogP contribution in [0, 0.1) is 0 Å². The molecular weight excluding hydrogens is 226 g/mol. The highest BCUT2D eigenvalue weighted by Gasteiger charge is 2.06. The molecule has 2 rings (SSSR count). The molecule has 0 radical (unpaired) electrons. The van der Waals surface area contributed by atoms with Gasteiger partial charge in [-0.1, -0.05) is 30.3 Å². The predicted octanol–water partition coefficient (Wildman–Crippen LogP) is 2.99. The number of hydrogen-bond donors (Lipinski definition) is 2. The average molecular weight is 241 g/mol. The molecule has 2 aromatic rings. The summed E-state index contributed by atoms with van der Waals surface area (Å²) in [6.07, 6.45) is -0.543. The number of anilines is 1. The lowest BCUT2D eigenvalue weighted by Gasteiger charge is -2.09. The second-order valence-electron chi connectivity index (χ2n) is 4.12. The first-order chi connectivity index (χ1) is 8.66. The summed E-state index contributed by atoms with van der Waals surface area (Å²) in [4.78, 5) is 11.9. The Morgan fingerprint density at radius 2 is 1.83 bits per heavy atom. The predicted molar refractivity (Wildman–Crippen MR) is 71.5 cm³/mol. The van der Waals surface area contributed by atoms with Gasteiger partial charge >= 0.3 is 0 Å². The first kappa shape index (κ1) is 12.3. The smallest absolute Gasteiger partial charge is 0.255 e. The van der Waals surface area contributed by atoms with Gasteiger partial charge in [0.15, 0.2) is 0 Å². The molecule has 92 valence electrons. The highest BCUT2D eigenvalue weighted by Crippen LogP contribution is 2.17. The third kappa shape index (κ3) is 2.96. The van der Waals surface area contributed by atoms with Crippen molar-refractivity contribution in [2.45, 2.75) is 13.0 Å². The summed E-state index contributed by atoms with van der Waals surface area (Å²) in [5.74, 6) is -0.154. The third-order valence-electron chi connectivity index (χ3n) is 2.66. The number of nitrogens with one attached hydrogen (secondary N) is 1. The fourth-order valence-corrected chi connectivity index (χ4v) is 1.67. The minimum atomic E-state index is -0.543. The SMILES string of the molecule is C[C@H](O)c1cccc(NC(=O)c2ccccc2)c1. The van der Waals surface area contributed by atoms with Crippen LogP contribution in [0.4, 0.5) is 5.69 Å². The highest BCUT2D eigenvalue weighted by molar-refractivity contribution is 6.04. The Kier molecular flexibility index (Phi) is 3.75. The van der Waals surface area contributed by atoms with E-state index < -0.39 is 6.10 Å². The number of carbonyl (C=O) groups is 1. The molecule has 1 amide bonds. The number of aliphatic hydroxyl groups excluding tert-OH is 1. The van der Waals surface area contributed by atoms with Crippen molar-refractivity contribution in [1.29, 1.82) is 0 Å². The maximum absolute atomic E-state index is 11.9. The Hall–Kier alpha value is -2.13. The molecule has 2 aromatic carbocycles. The van der Waals surface area contributed by atoms with Gasteiger partial charge in [-0.25, -0.2) is 0 Å². The minimum absolute atomic E-state index is 0.154. The van der Waals surface area contributed by atoms with E-state index in [1.54, 1.807) is 31.2 Å². The quantitative estimate of drug-likeness (QED) is 0.867. The molecule has 0 saturated heterocycles. The number of hydrogen-bond acceptors (Lipinski definition) is 2. The Morgan fingerprint density at radius 1 is 1.11 bits per heavy atom. The Morgan fingerprint density at radius 3 is 2.50 bits per heavy atom. The van der Waals surface area contributed by atoms with E-state index in [0.717, 1.165) is 5.56 Å². The van der Waals surface area contributed by atoms with E-state index in [2.05, 4.69) is 5.32 Å². The topological polar surface area (TPSA) is 49.3 Å². The van der Waals surface area contributed by atoms with Gasteiger partial charge in [-0.3, -0.25) is 4.79 Å². The van der Waals surface area contributed by atoms with E-state index in [9.17, 15) is 9.90 Å². The lowest BCUT2D eigenvalue weighted by atomic mass is 10.1. The van der Waals surface area contributed by atoms with E-state index in [4.69, 9.17) is 0 Å². The number of benzene rings is 2. The molecule has 0 saturated carbocycles. The van der Waals surface area contributed by atoms with Crippen LogP contribution in [-0.4, -0.2) is 11.0 Å². The number of aliphatic hydroxyl groups is 1. The zero-order valence-electron chi connectivity index (χ0n) is 10.1. The van der Waals surface area contributed by atoms with Crippen LogP contribution in [0.15, 0.2) is 54.6 Å². The maximum atomic E-state index is 11.9. The molecule has 0 aliphatic carbocycles. The lowest BCUT2D eigenvalue weighted by Crippen LogP contribution is -2.11. The number of carbonyl (C=O) groups excluding carboxylic acids is 1. The van der Waals surface area contributed by atoms with Crippen LogP contribution in [0.2, 0.25) is 0 Å². The van der Waals surface area contributed by atoms with Crippen molar-refractivity contribution in [2.24, 2.45) is 0 Å². The van der Waals surface area contributed by atoms with Crippen molar-refractivity contribution in [3.05, 3.63) is 65.7 Å². The van der Waals surface area contributed by atoms with Crippen LogP contribution in [0.25, 0.3) is 0 Å². The molecule has 0 aromatic heterocycles. The van der Waals surface area contributed by atoms with E-state index in [-0.39, 0.29) is 5.91 Å². The Balaban J connectivity index is 2.15. The molecule has 0 aliphatic rings. The molecule has 2 N–H and O–H groups in total. The van der Waals surface area contributed by atoms with Gasteiger partial charge in [0.25, 0.3) is 5.91 Å². The van der Waals surface area contributed by atoms with Crippen molar-refractivity contribution >= 4 is 11.6 Å². The molecule has 3 nitrogen and oxygen atoms in total. The van der Waals surface area contributed by atoms with Gasteiger partial charge in [-0.2, -0.15) is 0 Å². The fraction of sp³-hybridized carbons (Fsp3) is 0.133. The molecule has 0 heterocycles. The van der Waals surface area contributed by atoms with E-state index in [1.807, 2.05) is 30.3 Å². The second kappa shape index (κ2) is 5.47. The number of amides is 1. The highest BCUT2D eigenvalue weighted by atomic mass is 16.3. The van der Waals surface area contributed by atoms with E-state index in [1.165, 1.54) is 0 Å². The summed E-state index contributed by atoms with van der Waals surface area (Å²) in [7, 11) is 0. The Bertz CT molecular complexity index is 535. The van der Waals surface area contributed by atoms with Crippen LogP contribution < -0.4 is 5.32 Å². The average Bonchev–Trinajstić information content (AvgIpc) is 2.40. The molecule has 0 bridgehead atoms. The monoisotopic (exact) mass is 241 g/mol. The second-order valence-corrected chi connectivity index (χ2v) is 4.12. The van der Waals surface area contributed by atoms with Crippen LogP contribution in [0.3, 0.4) is 0 Å². The largest absolute Gasteiger partial charge is 0.389 e. The fourth-order valence-electron chi connectivity index (χ4n) is 1.67. The zero-order chi connectivity index (χ0) is 13.0. The standard InChI is InChI=1S/C15H15NO2/c1-11(17)13-8-5-9-14(10-13)16-15(18)12-6-3-2-4-7-12/h2-11,17H,1H3,(H,16,18)/t11-/m0/s1. The summed E-state index contributed by atoms with van der Waals surface area (Å²) in [5.41, 5.74) is 2.07. The Labute approximate surface area is 106 Å². The minimum Gasteiger partial charge on any atom is -0.389 e. The van der Waals surface area contributed by atoms with Gasteiger partial charge < -0.3 is 10.4 Å². The molecule has 0 spiro atoms. The third-order valence-corrected chi connectivity index (χ3v) is 2.66. The zero-order valence-corrected chi connectivity index (χ0v) is 10.1. The van der Waals surface area contributed by atoms with Crippen molar-refractivity contribution < 1.29 is 9.90 Å². The van der Waals surface area contributed by atoms with Crippen LogP contribution in [0.5, 0.6) is 0 Å². The van der Waals surface area contributed by atoms with Gasteiger partial charge in [-0.15, -0.1) is 0 Å². The summed E-state index contributed by atoms with van der Waals surface area (Å²) in [6.45, 7) is 1.69. The maximum Gasteiger partial charge on any atom is 0.255 e.